The lowest BCUT2D eigenvalue weighted by atomic mass is 9.98. The maximum Gasteiger partial charge on any atom is 0.121 e. The van der Waals surface area contributed by atoms with Gasteiger partial charge in [-0.15, -0.1) is 0 Å². The molecule has 1 aromatic rings. The van der Waals surface area contributed by atoms with Crippen molar-refractivity contribution >= 4 is 15.9 Å². The summed E-state index contributed by atoms with van der Waals surface area (Å²) in [7, 11) is 0. The van der Waals surface area contributed by atoms with Crippen LogP contribution in [0.4, 0.5) is 0 Å². The average Bonchev–Trinajstić information content (AvgIpc) is 2.16. The maximum atomic E-state index is 9.86. The number of benzene rings is 1. The fraction of sp³-hybridized carbons (Fsp3) is 0.538. The second-order valence-electron chi connectivity index (χ2n) is 4.81. The molecule has 0 aliphatic heterocycles. The van der Waals surface area contributed by atoms with Crippen molar-refractivity contribution in [2.24, 2.45) is 0 Å². The summed E-state index contributed by atoms with van der Waals surface area (Å²) in [4.78, 5) is 0. The van der Waals surface area contributed by atoms with Crippen molar-refractivity contribution in [1.82, 2.24) is 5.32 Å². The van der Waals surface area contributed by atoms with Gasteiger partial charge in [0.2, 0.25) is 0 Å². The van der Waals surface area contributed by atoms with Gasteiger partial charge >= 0.3 is 0 Å². The lowest BCUT2D eigenvalue weighted by Crippen LogP contribution is -2.40. The molecule has 2 N–H and O–H groups in total. The zero-order valence-electron chi connectivity index (χ0n) is 10.3. The van der Waals surface area contributed by atoms with Gasteiger partial charge in [0.25, 0.3) is 0 Å². The Morgan fingerprint density at radius 1 is 1.44 bits per heavy atom. The first-order chi connectivity index (χ1) is 7.35. The Morgan fingerprint density at radius 2 is 2.06 bits per heavy atom. The fourth-order valence-electron chi connectivity index (χ4n) is 1.65. The van der Waals surface area contributed by atoms with Crippen molar-refractivity contribution in [2.45, 2.75) is 45.7 Å². The molecular formula is C13H20BrNO. The Kier molecular flexibility index (Phi) is 4.39. The number of nitrogens with one attached hydrogen (secondary N) is 1. The van der Waals surface area contributed by atoms with Crippen LogP contribution in [-0.4, -0.2) is 10.6 Å². The third-order valence-corrected chi connectivity index (χ3v) is 3.44. The highest BCUT2D eigenvalue weighted by atomic mass is 79.9. The highest BCUT2D eigenvalue weighted by Crippen LogP contribution is 2.28. The molecule has 1 atom stereocenters. The fourth-order valence-corrected chi connectivity index (χ4v) is 2.00. The maximum absolute atomic E-state index is 9.86. The van der Waals surface area contributed by atoms with Crippen LogP contribution < -0.4 is 5.32 Å². The second kappa shape index (κ2) is 5.19. The average molecular weight is 286 g/mol. The van der Waals surface area contributed by atoms with Crippen LogP contribution in [0.25, 0.3) is 0 Å². The highest BCUT2D eigenvalue weighted by Gasteiger charge is 2.20. The van der Waals surface area contributed by atoms with E-state index in [-0.39, 0.29) is 11.6 Å². The van der Waals surface area contributed by atoms with Crippen LogP contribution in [-0.2, 0) is 0 Å². The summed E-state index contributed by atoms with van der Waals surface area (Å²) in [5, 5.41) is 13.4. The molecule has 16 heavy (non-hydrogen) atoms. The summed E-state index contributed by atoms with van der Waals surface area (Å²) in [6, 6.07) is 5.77. The standard InChI is InChI=1S/C13H20BrNO/c1-5-13(3,4)15-9(2)11-7-6-10(14)8-12(11)16/h6-9,15-16H,5H2,1-4H3. The van der Waals surface area contributed by atoms with Gasteiger partial charge in [-0.3, -0.25) is 0 Å². The zero-order valence-corrected chi connectivity index (χ0v) is 11.9. The van der Waals surface area contributed by atoms with Crippen LogP contribution in [0.5, 0.6) is 5.75 Å². The molecule has 0 fully saturated rings. The minimum atomic E-state index is 0.0823. The molecule has 1 rings (SSSR count). The van der Waals surface area contributed by atoms with Crippen LogP contribution in [0.15, 0.2) is 22.7 Å². The molecule has 0 amide bonds. The molecule has 1 unspecified atom stereocenters. The molecule has 0 heterocycles. The third-order valence-electron chi connectivity index (χ3n) is 2.95. The van der Waals surface area contributed by atoms with Gasteiger partial charge in [-0.25, -0.2) is 0 Å². The largest absolute Gasteiger partial charge is 0.508 e. The number of phenolic OH excluding ortho intramolecular Hbond substituents is 1. The Balaban J connectivity index is 2.84. The van der Waals surface area contributed by atoms with E-state index < -0.39 is 0 Å². The molecular weight excluding hydrogens is 266 g/mol. The number of hydrogen-bond acceptors (Lipinski definition) is 2. The summed E-state index contributed by atoms with van der Waals surface area (Å²) < 4.78 is 0.899. The first-order valence-electron chi connectivity index (χ1n) is 5.62. The molecule has 0 saturated heterocycles. The van der Waals surface area contributed by atoms with Crippen LogP contribution in [0.2, 0.25) is 0 Å². The van der Waals surface area contributed by atoms with E-state index in [0.717, 1.165) is 16.5 Å². The molecule has 90 valence electrons. The Bertz CT molecular complexity index is 363. The van der Waals surface area contributed by atoms with E-state index >= 15 is 0 Å². The molecule has 0 radical (unpaired) electrons. The van der Waals surface area contributed by atoms with E-state index in [1.165, 1.54) is 0 Å². The molecule has 0 aliphatic carbocycles. The number of halogens is 1. The van der Waals surface area contributed by atoms with Gasteiger partial charge in [0.15, 0.2) is 0 Å². The Labute approximate surface area is 106 Å². The first-order valence-corrected chi connectivity index (χ1v) is 6.41. The summed E-state index contributed by atoms with van der Waals surface area (Å²) in [5.74, 6) is 0.335. The van der Waals surface area contributed by atoms with Gasteiger partial charge in [0, 0.05) is 21.6 Å². The predicted molar refractivity (Wildman–Crippen MR) is 71.7 cm³/mol. The quantitative estimate of drug-likeness (QED) is 0.877. The van der Waals surface area contributed by atoms with Crippen LogP contribution in [0, 0.1) is 0 Å². The zero-order chi connectivity index (χ0) is 12.3. The summed E-state index contributed by atoms with van der Waals surface area (Å²) in [6.45, 7) is 8.56. The van der Waals surface area contributed by atoms with E-state index in [1.54, 1.807) is 6.07 Å². The topological polar surface area (TPSA) is 32.3 Å². The molecule has 0 aliphatic rings. The van der Waals surface area contributed by atoms with Crippen LogP contribution in [0.1, 0.15) is 45.7 Å². The SMILES string of the molecule is CCC(C)(C)NC(C)c1ccc(Br)cc1O. The Hall–Kier alpha value is -0.540. The summed E-state index contributed by atoms with van der Waals surface area (Å²) in [6.07, 6.45) is 1.05. The van der Waals surface area contributed by atoms with E-state index in [9.17, 15) is 5.11 Å². The number of rotatable bonds is 4. The van der Waals surface area contributed by atoms with Gasteiger partial charge in [-0.1, -0.05) is 28.9 Å². The number of hydrogen-bond donors (Lipinski definition) is 2. The van der Waals surface area contributed by atoms with Crippen LogP contribution in [0.3, 0.4) is 0 Å². The van der Waals surface area contributed by atoms with Crippen molar-refractivity contribution in [2.75, 3.05) is 0 Å². The number of phenols is 1. The minimum absolute atomic E-state index is 0.0823. The third kappa shape index (κ3) is 3.49. The number of aromatic hydroxyl groups is 1. The van der Waals surface area contributed by atoms with E-state index in [4.69, 9.17) is 0 Å². The monoisotopic (exact) mass is 285 g/mol. The molecule has 1 aromatic carbocycles. The molecule has 3 heteroatoms. The van der Waals surface area contributed by atoms with Gasteiger partial charge in [-0.2, -0.15) is 0 Å². The van der Waals surface area contributed by atoms with Crippen molar-refractivity contribution in [1.29, 1.82) is 0 Å². The van der Waals surface area contributed by atoms with Crippen LogP contribution >= 0.6 is 15.9 Å². The summed E-state index contributed by atoms with van der Waals surface area (Å²) in [5.41, 5.74) is 1.02. The normalized spacial score (nSPS) is 13.8. The smallest absolute Gasteiger partial charge is 0.121 e. The molecule has 2 nitrogen and oxygen atoms in total. The Morgan fingerprint density at radius 3 is 2.56 bits per heavy atom. The molecule has 0 saturated carbocycles. The van der Waals surface area contributed by atoms with E-state index in [0.29, 0.717) is 5.75 Å². The second-order valence-corrected chi connectivity index (χ2v) is 5.72. The van der Waals surface area contributed by atoms with Gasteiger partial charge in [0.05, 0.1) is 0 Å². The van der Waals surface area contributed by atoms with Gasteiger partial charge < -0.3 is 10.4 Å². The first kappa shape index (κ1) is 13.5. The minimum Gasteiger partial charge on any atom is -0.508 e. The predicted octanol–water partition coefficient (Wildman–Crippen LogP) is 3.99. The lowest BCUT2D eigenvalue weighted by Gasteiger charge is -2.29. The van der Waals surface area contributed by atoms with Crippen molar-refractivity contribution in [3.8, 4) is 5.75 Å². The molecule has 0 bridgehead atoms. The molecule has 0 aromatic heterocycles. The van der Waals surface area contributed by atoms with Gasteiger partial charge in [0.1, 0.15) is 5.75 Å². The van der Waals surface area contributed by atoms with E-state index in [2.05, 4.69) is 48.9 Å². The van der Waals surface area contributed by atoms with Gasteiger partial charge in [-0.05, 0) is 39.3 Å². The van der Waals surface area contributed by atoms with Crippen molar-refractivity contribution < 1.29 is 5.11 Å². The lowest BCUT2D eigenvalue weighted by molar-refractivity contribution is 0.332. The van der Waals surface area contributed by atoms with Crippen molar-refractivity contribution in [3.63, 3.8) is 0 Å². The molecule has 0 spiro atoms. The summed E-state index contributed by atoms with van der Waals surface area (Å²) >= 11 is 3.34. The highest BCUT2D eigenvalue weighted by molar-refractivity contribution is 9.10. The van der Waals surface area contributed by atoms with Crippen molar-refractivity contribution in [3.05, 3.63) is 28.2 Å². The van der Waals surface area contributed by atoms with E-state index in [1.807, 2.05) is 12.1 Å².